The Morgan fingerprint density at radius 1 is 1.35 bits per heavy atom. The highest BCUT2D eigenvalue weighted by molar-refractivity contribution is 5.94. The van der Waals surface area contributed by atoms with Gasteiger partial charge in [-0.25, -0.2) is 8.78 Å². The number of nitro benzene ring substituents is 1. The summed E-state index contributed by atoms with van der Waals surface area (Å²) in [6.07, 6.45) is 0. The van der Waals surface area contributed by atoms with Crippen LogP contribution in [-0.2, 0) is 4.79 Å². The molecule has 1 aromatic carbocycles. The molecule has 0 unspecified atom stereocenters. The smallest absolute Gasteiger partial charge is 0.298 e. The van der Waals surface area contributed by atoms with Gasteiger partial charge in [-0.3, -0.25) is 14.9 Å². The fourth-order valence-corrected chi connectivity index (χ4v) is 1.36. The number of rotatable bonds is 4. The zero-order chi connectivity index (χ0) is 15.5. The van der Waals surface area contributed by atoms with Crippen LogP contribution in [0.2, 0.25) is 0 Å². The first-order valence-electron chi connectivity index (χ1n) is 5.78. The van der Waals surface area contributed by atoms with Gasteiger partial charge in [-0.2, -0.15) is 0 Å². The molecule has 0 saturated carbocycles. The first kappa shape index (κ1) is 16.0. The van der Waals surface area contributed by atoms with E-state index in [2.05, 4.69) is 10.6 Å². The first-order valence-corrected chi connectivity index (χ1v) is 5.78. The molecule has 1 aromatic rings. The van der Waals surface area contributed by atoms with Crippen LogP contribution in [0.3, 0.4) is 0 Å². The third kappa shape index (κ3) is 4.54. The summed E-state index contributed by atoms with van der Waals surface area (Å²) in [5.41, 5.74) is -1.81. The van der Waals surface area contributed by atoms with E-state index in [1.165, 1.54) is 0 Å². The lowest BCUT2D eigenvalue weighted by Crippen LogP contribution is -2.41. The van der Waals surface area contributed by atoms with Crippen molar-refractivity contribution in [3.05, 3.63) is 33.9 Å². The Morgan fingerprint density at radius 2 is 1.95 bits per heavy atom. The summed E-state index contributed by atoms with van der Waals surface area (Å²) < 4.78 is 26.5. The van der Waals surface area contributed by atoms with Crippen LogP contribution in [0.1, 0.15) is 20.8 Å². The van der Waals surface area contributed by atoms with Gasteiger partial charge in [0.15, 0.2) is 11.5 Å². The predicted molar refractivity (Wildman–Crippen MR) is 69.4 cm³/mol. The molecule has 0 heterocycles. The molecule has 110 valence electrons. The fourth-order valence-electron chi connectivity index (χ4n) is 1.36. The van der Waals surface area contributed by atoms with Gasteiger partial charge in [0.25, 0.3) is 5.69 Å². The molecule has 0 aliphatic carbocycles. The zero-order valence-corrected chi connectivity index (χ0v) is 11.3. The van der Waals surface area contributed by atoms with Crippen LogP contribution in [0, 0.1) is 21.7 Å². The van der Waals surface area contributed by atoms with E-state index in [0.29, 0.717) is 12.1 Å². The molecule has 8 heteroatoms. The summed E-state index contributed by atoms with van der Waals surface area (Å²) in [7, 11) is 0. The molecule has 0 fully saturated rings. The fraction of sp³-hybridized carbons (Fsp3) is 0.417. The van der Waals surface area contributed by atoms with Crippen molar-refractivity contribution in [3.63, 3.8) is 0 Å². The monoisotopic (exact) mass is 287 g/mol. The molecule has 1 rings (SSSR count). The minimum absolute atomic E-state index is 0.155. The number of hydrogen-bond donors (Lipinski definition) is 2. The molecule has 0 bridgehead atoms. The Labute approximate surface area is 114 Å². The highest BCUT2D eigenvalue weighted by Gasteiger charge is 2.22. The highest BCUT2D eigenvalue weighted by atomic mass is 19.1. The van der Waals surface area contributed by atoms with E-state index in [1.54, 1.807) is 0 Å². The zero-order valence-electron chi connectivity index (χ0n) is 11.3. The van der Waals surface area contributed by atoms with Crippen molar-refractivity contribution >= 4 is 17.3 Å². The molecule has 0 radical (unpaired) electrons. The third-order valence-electron chi connectivity index (χ3n) is 2.27. The van der Waals surface area contributed by atoms with Crippen molar-refractivity contribution in [2.45, 2.75) is 26.3 Å². The van der Waals surface area contributed by atoms with Crippen molar-refractivity contribution in [1.29, 1.82) is 0 Å². The summed E-state index contributed by atoms with van der Waals surface area (Å²) in [5, 5.41) is 15.6. The summed E-state index contributed by atoms with van der Waals surface area (Å²) in [4.78, 5) is 21.4. The second kappa shape index (κ2) is 5.91. The third-order valence-corrected chi connectivity index (χ3v) is 2.27. The Kier molecular flexibility index (Phi) is 4.72. The van der Waals surface area contributed by atoms with Gasteiger partial charge in [-0.15, -0.1) is 0 Å². The summed E-state index contributed by atoms with van der Waals surface area (Å²) in [5.74, 6) is -2.94. The van der Waals surface area contributed by atoms with E-state index >= 15 is 0 Å². The molecule has 2 N–H and O–H groups in total. The number of hydrogen-bond acceptors (Lipinski definition) is 4. The second-order valence-electron chi connectivity index (χ2n) is 5.19. The number of nitrogens with zero attached hydrogens (tertiary/aromatic N) is 1. The van der Waals surface area contributed by atoms with E-state index in [4.69, 9.17) is 0 Å². The van der Waals surface area contributed by atoms with Gasteiger partial charge in [0.2, 0.25) is 5.91 Å². The van der Waals surface area contributed by atoms with E-state index in [9.17, 15) is 23.7 Å². The van der Waals surface area contributed by atoms with Gasteiger partial charge in [0.1, 0.15) is 5.82 Å². The van der Waals surface area contributed by atoms with Gasteiger partial charge in [-0.1, -0.05) is 0 Å². The maximum absolute atomic E-state index is 13.5. The minimum atomic E-state index is -1.19. The molecule has 0 spiro atoms. The lowest BCUT2D eigenvalue weighted by Gasteiger charge is -2.20. The molecule has 0 aliphatic heterocycles. The number of anilines is 1. The van der Waals surface area contributed by atoms with Crippen LogP contribution in [0.15, 0.2) is 12.1 Å². The van der Waals surface area contributed by atoms with Crippen LogP contribution in [-0.4, -0.2) is 22.9 Å². The normalized spacial score (nSPS) is 11.2. The van der Waals surface area contributed by atoms with Gasteiger partial charge >= 0.3 is 0 Å². The number of carbonyl (C=O) groups excluding carboxylic acids is 1. The lowest BCUT2D eigenvalue weighted by molar-refractivity contribution is -0.384. The van der Waals surface area contributed by atoms with Crippen molar-refractivity contribution in [2.24, 2.45) is 0 Å². The van der Waals surface area contributed by atoms with Crippen LogP contribution in [0.25, 0.3) is 0 Å². The van der Waals surface area contributed by atoms with Gasteiger partial charge in [0, 0.05) is 11.6 Å². The van der Waals surface area contributed by atoms with Crippen LogP contribution in [0.5, 0.6) is 0 Å². The Morgan fingerprint density at radius 3 is 2.45 bits per heavy atom. The maximum atomic E-state index is 13.5. The largest absolute Gasteiger partial charge is 0.317 e. The number of carbonyl (C=O) groups is 1. The Balaban J connectivity index is 2.92. The molecular formula is C12H15F2N3O3. The molecular weight excluding hydrogens is 272 g/mol. The van der Waals surface area contributed by atoms with Crippen LogP contribution < -0.4 is 10.6 Å². The van der Waals surface area contributed by atoms with Crippen molar-refractivity contribution in [3.8, 4) is 0 Å². The Hall–Kier alpha value is -2.09. The van der Waals surface area contributed by atoms with Gasteiger partial charge in [-0.05, 0) is 20.8 Å². The Bertz CT molecular complexity index is 541. The molecule has 6 nitrogen and oxygen atoms in total. The number of benzene rings is 1. The second-order valence-corrected chi connectivity index (χ2v) is 5.19. The number of amides is 1. The van der Waals surface area contributed by atoms with E-state index in [0.717, 1.165) is 0 Å². The van der Waals surface area contributed by atoms with Gasteiger partial charge in [0.05, 0.1) is 17.5 Å². The molecule has 0 aromatic heterocycles. The molecule has 20 heavy (non-hydrogen) atoms. The summed E-state index contributed by atoms with van der Waals surface area (Å²) in [6.45, 7) is 5.31. The quantitative estimate of drug-likeness (QED) is 0.656. The van der Waals surface area contributed by atoms with E-state index in [1.807, 2.05) is 20.8 Å². The van der Waals surface area contributed by atoms with Crippen molar-refractivity contribution in [2.75, 3.05) is 11.9 Å². The molecule has 0 saturated heterocycles. The average Bonchev–Trinajstić information content (AvgIpc) is 2.28. The predicted octanol–water partition coefficient (Wildman–Crippen LogP) is 2.20. The summed E-state index contributed by atoms with van der Waals surface area (Å²) >= 11 is 0. The van der Waals surface area contributed by atoms with E-state index in [-0.39, 0.29) is 12.1 Å². The first-order chi connectivity index (χ1) is 9.10. The highest BCUT2D eigenvalue weighted by Crippen LogP contribution is 2.28. The minimum Gasteiger partial charge on any atom is -0.317 e. The standard InChI is InChI=1S/C12H15F2N3O3/c1-12(2,3)15-6-10(18)16-11-8(14)4-7(13)5-9(11)17(19)20/h4-5,15H,6H2,1-3H3,(H,16,18). The maximum Gasteiger partial charge on any atom is 0.298 e. The summed E-state index contributed by atoms with van der Waals surface area (Å²) in [6, 6.07) is 1.02. The van der Waals surface area contributed by atoms with Crippen LogP contribution >= 0.6 is 0 Å². The van der Waals surface area contributed by atoms with Crippen molar-refractivity contribution < 1.29 is 18.5 Å². The molecule has 0 aliphatic rings. The lowest BCUT2D eigenvalue weighted by atomic mass is 10.1. The van der Waals surface area contributed by atoms with Gasteiger partial charge < -0.3 is 10.6 Å². The molecule has 1 amide bonds. The average molecular weight is 287 g/mol. The van der Waals surface area contributed by atoms with Crippen molar-refractivity contribution in [1.82, 2.24) is 5.32 Å². The molecule has 0 atom stereocenters. The number of nitrogens with one attached hydrogen (secondary N) is 2. The SMILES string of the molecule is CC(C)(C)NCC(=O)Nc1c(F)cc(F)cc1[N+](=O)[O-]. The van der Waals surface area contributed by atoms with E-state index < -0.39 is 33.8 Å². The topological polar surface area (TPSA) is 84.3 Å². The number of halogens is 2. The number of nitro groups is 1. The van der Waals surface area contributed by atoms with Crippen LogP contribution in [0.4, 0.5) is 20.2 Å².